The SMILES string of the molecule is N#Cc1ccc(CCc2ccc(-c3ccccc3C(F)(F)F)cc2Cl)cc1. The van der Waals surface area contributed by atoms with E-state index in [2.05, 4.69) is 6.07 Å². The first-order chi connectivity index (χ1) is 12.9. The largest absolute Gasteiger partial charge is 0.417 e. The Labute approximate surface area is 160 Å². The van der Waals surface area contributed by atoms with Gasteiger partial charge in [-0.15, -0.1) is 0 Å². The Morgan fingerprint density at radius 3 is 2.22 bits per heavy atom. The van der Waals surface area contributed by atoms with Gasteiger partial charge in [0.05, 0.1) is 17.2 Å². The van der Waals surface area contributed by atoms with E-state index in [1.807, 2.05) is 12.1 Å². The van der Waals surface area contributed by atoms with Gasteiger partial charge in [-0.3, -0.25) is 0 Å². The molecule has 136 valence electrons. The van der Waals surface area contributed by atoms with Crippen molar-refractivity contribution >= 4 is 11.6 Å². The number of aryl methyl sites for hydroxylation is 2. The van der Waals surface area contributed by atoms with E-state index in [1.54, 1.807) is 36.4 Å². The molecule has 0 fully saturated rings. The molecule has 27 heavy (non-hydrogen) atoms. The lowest BCUT2D eigenvalue weighted by molar-refractivity contribution is -0.137. The van der Waals surface area contributed by atoms with Crippen LogP contribution in [-0.2, 0) is 19.0 Å². The number of rotatable bonds is 4. The molecule has 0 aliphatic rings. The topological polar surface area (TPSA) is 23.8 Å². The van der Waals surface area contributed by atoms with Crippen molar-refractivity contribution in [2.24, 2.45) is 0 Å². The smallest absolute Gasteiger partial charge is 0.192 e. The molecular formula is C22H15ClF3N. The van der Waals surface area contributed by atoms with E-state index in [9.17, 15) is 13.2 Å². The van der Waals surface area contributed by atoms with Gasteiger partial charge in [-0.05, 0) is 59.4 Å². The van der Waals surface area contributed by atoms with Crippen LogP contribution < -0.4 is 0 Å². The molecule has 0 spiro atoms. The zero-order chi connectivity index (χ0) is 19.4. The minimum absolute atomic E-state index is 0.116. The van der Waals surface area contributed by atoms with Gasteiger partial charge >= 0.3 is 6.18 Å². The van der Waals surface area contributed by atoms with E-state index >= 15 is 0 Å². The van der Waals surface area contributed by atoms with Crippen LogP contribution in [0.5, 0.6) is 0 Å². The molecule has 0 N–H and O–H groups in total. The van der Waals surface area contributed by atoms with Crippen molar-refractivity contribution in [1.29, 1.82) is 5.26 Å². The number of alkyl halides is 3. The van der Waals surface area contributed by atoms with Gasteiger partial charge in [-0.1, -0.05) is 54.1 Å². The van der Waals surface area contributed by atoms with E-state index < -0.39 is 11.7 Å². The Balaban J connectivity index is 1.81. The maximum atomic E-state index is 13.2. The van der Waals surface area contributed by atoms with Gasteiger partial charge in [0, 0.05) is 5.02 Å². The lowest BCUT2D eigenvalue weighted by Gasteiger charge is -2.14. The Bertz CT molecular complexity index is 986. The van der Waals surface area contributed by atoms with Gasteiger partial charge < -0.3 is 0 Å². The predicted molar refractivity (Wildman–Crippen MR) is 100 cm³/mol. The van der Waals surface area contributed by atoms with Gasteiger partial charge in [0.25, 0.3) is 0 Å². The molecule has 0 aliphatic carbocycles. The number of hydrogen-bond donors (Lipinski definition) is 0. The highest BCUT2D eigenvalue weighted by Crippen LogP contribution is 2.38. The maximum Gasteiger partial charge on any atom is 0.417 e. The van der Waals surface area contributed by atoms with Crippen molar-refractivity contribution < 1.29 is 13.2 Å². The fourth-order valence-corrected chi connectivity index (χ4v) is 3.20. The van der Waals surface area contributed by atoms with Crippen LogP contribution >= 0.6 is 11.6 Å². The summed E-state index contributed by atoms with van der Waals surface area (Å²) < 4.78 is 39.7. The molecule has 0 saturated heterocycles. The molecule has 3 aromatic carbocycles. The Hall–Kier alpha value is -2.77. The van der Waals surface area contributed by atoms with E-state index in [4.69, 9.17) is 16.9 Å². The van der Waals surface area contributed by atoms with Crippen LogP contribution in [0.2, 0.25) is 5.02 Å². The second-order valence-corrected chi connectivity index (χ2v) is 6.57. The van der Waals surface area contributed by atoms with Crippen LogP contribution in [0.15, 0.2) is 66.7 Å². The Morgan fingerprint density at radius 2 is 1.59 bits per heavy atom. The monoisotopic (exact) mass is 385 g/mol. The summed E-state index contributed by atoms with van der Waals surface area (Å²) in [5, 5.41) is 9.27. The Kier molecular flexibility index (Phi) is 5.53. The van der Waals surface area contributed by atoms with Gasteiger partial charge in [-0.2, -0.15) is 18.4 Å². The van der Waals surface area contributed by atoms with E-state index in [1.165, 1.54) is 12.1 Å². The molecule has 0 unspecified atom stereocenters. The maximum absolute atomic E-state index is 13.2. The first-order valence-electron chi connectivity index (χ1n) is 8.32. The molecule has 0 atom stereocenters. The minimum Gasteiger partial charge on any atom is -0.192 e. The molecule has 0 amide bonds. The summed E-state index contributed by atoms with van der Waals surface area (Å²) in [6.07, 6.45) is -3.03. The molecule has 5 heteroatoms. The first kappa shape index (κ1) is 19.0. The highest BCUT2D eigenvalue weighted by atomic mass is 35.5. The summed E-state index contributed by atoms with van der Waals surface area (Å²) in [6.45, 7) is 0. The molecule has 3 rings (SSSR count). The standard InChI is InChI=1S/C22H15ClF3N/c23-21-13-18(19-3-1-2-4-20(19)22(24,25)26)12-11-17(21)10-9-15-5-7-16(14-27)8-6-15/h1-8,11-13H,9-10H2. The van der Waals surface area contributed by atoms with Gasteiger partial charge in [0.2, 0.25) is 0 Å². The Morgan fingerprint density at radius 1 is 0.889 bits per heavy atom. The molecule has 0 heterocycles. The molecule has 0 radical (unpaired) electrons. The summed E-state index contributed by atoms with van der Waals surface area (Å²) in [5.74, 6) is 0. The normalized spacial score (nSPS) is 11.2. The predicted octanol–water partition coefficient (Wildman–Crippen LogP) is 6.68. The number of nitriles is 1. The van der Waals surface area contributed by atoms with Gasteiger partial charge in [-0.25, -0.2) is 0 Å². The summed E-state index contributed by atoms with van der Waals surface area (Å²) in [7, 11) is 0. The number of halogens is 4. The van der Waals surface area contributed by atoms with Crippen molar-refractivity contribution in [3.05, 3.63) is 94.0 Å². The third-order valence-corrected chi connectivity index (χ3v) is 4.71. The second kappa shape index (κ2) is 7.85. The van der Waals surface area contributed by atoms with Crippen molar-refractivity contribution in [1.82, 2.24) is 0 Å². The number of hydrogen-bond acceptors (Lipinski definition) is 1. The first-order valence-corrected chi connectivity index (χ1v) is 8.70. The average Bonchev–Trinajstić information content (AvgIpc) is 2.67. The van der Waals surface area contributed by atoms with E-state index in [-0.39, 0.29) is 5.56 Å². The fraction of sp³-hybridized carbons (Fsp3) is 0.136. The average molecular weight is 386 g/mol. The van der Waals surface area contributed by atoms with Crippen LogP contribution in [0.4, 0.5) is 13.2 Å². The van der Waals surface area contributed by atoms with E-state index in [0.717, 1.165) is 23.6 Å². The zero-order valence-corrected chi connectivity index (χ0v) is 15.0. The van der Waals surface area contributed by atoms with Gasteiger partial charge in [0.1, 0.15) is 0 Å². The summed E-state index contributed by atoms with van der Waals surface area (Å²) >= 11 is 6.34. The highest BCUT2D eigenvalue weighted by molar-refractivity contribution is 6.31. The van der Waals surface area contributed by atoms with Crippen molar-refractivity contribution in [3.8, 4) is 17.2 Å². The molecule has 0 bridgehead atoms. The van der Waals surface area contributed by atoms with Crippen molar-refractivity contribution in [2.75, 3.05) is 0 Å². The van der Waals surface area contributed by atoms with Crippen molar-refractivity contribution in [3.63, 3.8) is 0 Å². The zero-order valence-electron chi connectivity index (χ0n) is 14.2. The molecule has 3 aromatic rings. The third-order valence-electron chi connectivity index (χ3n) is 4.36. The molecule has 0 aromatic heterocycles. The fourth-order valence-electron chi connectivity index (χ4n) is 2.92. The molecule has 0 aliphatic heterocycles. The van der Waals surface area contributed by atoms with Gasteiger partial charge in [0.15, 0.2) is 0 Å². The molecular weight excluding hydrogens is 371 g/mol. The third kappa shape index (κ3) is 4.50. The minimum atomic E-state index is -4.42. The van der Waals surface area contributed by atoms with Crippen LogP contribution in [0.3, 0.4) is 0 Å². The lowest BCUT2D eigenvalue weighted by Crippen LogP contribution is -2.06. The summed E-state index contributed by atoms with van der Waals surface area (Å²) in [5.41, 5.74) is 2.42. The highest BCUT2D eigenvalue weighted by Gasteiger charge is 2.33. The summed E-state index contributed by atoms with van der Waals surface area (Å²) in [6, 6.07) is 19.9. The number of nitrogens with zero attached hydrogens (tertiary/aromatic N) is 1. The van der Waals surface area contributed by atoms with Crippen LogP contribution in [0, 0.1) is 11.3 Å². The number of benzene rings is 3. The molecule has 1 nitrogen and oxygen atoms in total. The van der Waals surface area contributed by atoms with Crippen LogP contribution in [-0.4, -0.2) is 0 Å². The second-order valence-electron chi connectivity index (χ2n) is 6.16. The van der Waals surface area contributed by atoms with Crippen LogP contribution in [0.1, 0.15) is 22.3 Å². The van der Waals surface area contributed by atoms with Crippen LogP contribution in [0.25, 0.3) is 11.1 Å². The summed E-state index contributed by atoms with van der Waals surface area (Å²) in [4.78, 5) is 0. The van der Waals surface area contributed by atoms with E-state index in [0.29, 0.717) is 22.6 Å². The quantitative estimate of drug-likeness (QED) is 0.491. The lowest BCUT2D eigenvalue weighted by atomic mass is 9.96. The molecule has 0 saturated carbocycles. The van der Waals surface area contributed by atoms with Crippen molar-refractivity contribution in [2.45, 2.75) is 19.0 Å².